The molecule has 1 atom stereocenters. The SMILES string of the molecule is CC(=O)Nc1cccc(C(=O)NC(C)c2cnc(OCC(C)(F)F)c(C)c2)n1. The zero-order valence-electron chi connectivity index (χ0n) is 16.0. The summed E-state index contributed by atoms with van der Waals surface area (Å²) in [5.74, 6) is -3.27. The Bertz CT molecular complexity index is 868. The summed E-state index contributed by atoms with van der Waals surface area (Å²) >= 11 is 0. The van der Waals surface area contributed by atoms with Crippen LogP contribution in [-0.4, -0.2) is 34.3 Å². The van der Waals surface area contributed by atoms with Crippen LogP contribution in [0.2, 0.25) is 0 Å². The van der Waals surface area contributed by atoms with Gasteiger partial charge in [0.2, 0.25) is 11.8 Å². The number of halogens is 2. The molecule has 28 heavy (non-hydrogen) atoms. The Kier molecular flexibility index (Phi) is 6.61. The van der Waals surface area contributed by atoms with Crippen LogP contribution >= 0.6 is 0 Å². The molecule has 0 aliphatic carbocycles. The van der Waals surface area contributed by atoms with Gasteiger partial charge in [0.15, 0.2) is 6.61 Å². The van der Waals surface area contributed by atoms with E-state index in [1.165, 1.54) is 19.2 Å². The van der Waals surface area contributed by atoms with Gasteiger partial charge in [-0.15, -0.1) is 0 Å². The Morgan fingerprint density at radius 2 is 2.04 bits per heavy atom. The Labute approximate surface area is 161 Å². The van der Waals surface area contributed by atoms with Crippen LogP contribution in [0, 0.1) is 6.92 Å². The molecule has 0 radical (unpaired) electrons. The number of carbonyl (C=O) groups is 2. The maximum Gasteiger partial charge on any atom is 0.278 e. The summed E-state index contributed by atoms with van der Waals surface area (Å²) in [5.41, 5.74) is 1.40. The lowest BCUT2D eigenvalue weighted by Crippen LogP contribution is -2.28. The fourth-order valence-corrected chi connectivity index (χ4v) is 2.33. The van der Waals surface area contributed by atoms with Gasteiger partial charge in [-0.2, -0.15) is 0 Å². The Hall–Kier alpha value is -3.10. The van der Waals surface area contributed by atoms with Crippen LogP contribution < -0.4 is 15.4 Å². The van der Waals surface area contributed by atoms with E-state index in [9.17, 15) is 18.4 Å². The highest BCUT2D eigenvalue weighted by Crippen LogP contribution is 2.22. The number of rotatable bonds is 7. The molecular weight excluding hydrogens is 370 g/mol. The highest BCUT2D eigenvalue weighted by atomic mass is 19.3. The molecule has 2 heterocycles. The van der Waals surface area contributed by atoms with E-state index in [-0.39, 0.29) is 23.3 Å². The van der Waals surface area contributed by atoms with Crippen molar-refractivity contribution in [1.29, 1.82) is 0 Å². The molecule has 2 amide bonds. The molecule has 1 unspecified atom stereocenters. The fourth-order valence-electron chi connectivity index (χ4n) is 2.33. The number of carbonyl (C=O) groups excluding carboxylic acids is 2. The van der Waals surface area contributed by atoms with Gasteiger partial charge in [-0.3, -0.25) is 9.59 Å². The van der Waals surface area contributed by atoms with Gasteiger partial charge < -0.3 is 15.4 Å². The molecule has 0 bridgehead atoms. The van der Waals surface area contributed by atoms with Gasteiger partial charge in [0, 0.05) is 25.6 Å². The molecular formula is C19H22F2N4O3. The van der Waals surface area contributed by atoms with Gasteiger partial charge >= 0.3 is 0 Å². The van der Waals surface area contributed by atoms with Crippen LogP contribution in [0.4, 0.5) is 14.6 Å². The second-order valence-corrected chi connectivity index (χ2v) is 6.53. The fraction of sp³-hybridized carbons (Fsp3) is 0.368. The molecule has 9 heteroatoms. The second kappa shape index (κ2) is 8.73. The van der Waals surface area contributed by atoms with E-state index in [1.807, 2.05) is 0 Å². The topological polar surface area (TPSA) is 93.2 Å². The van der Waals surface area contributed by atoms with Gasteiger partial charge in [0.25, 0.3) is 11.8 Å². The highest BCUT2D eigenvalue weighted by molar-refractivity contribution is 5.94. The first-order valence-corrected chi connectivity index (χ1v) is 8.58. The zero-order chi connectivity index (χ0) is 20.9. The molecule has 2 rings (SSSR count). The summed E-state index contributed by atoms with van der Waals surface area (Å²) in [6.45, 7) is 4.80. The first-order valence-electron chi connectivity index (χ1n) is 8.58. The van der Waals surface area contributed by atoms with Crippen LogP contribution in [0.25, 0.3) is 0 Å². The molecule has 0 saturated carbocycles. The van der Waals surface area contributed by atoms with Crippen molar-refractivity contribution in [1.82, 2.24) is 15.3 Å². The van der Waals surface area contributed by atoms with E-state index in [4.69, 9.17) is 4.74 Å². The van der Waals surface area contributed by atoms with E-state index < -0.39 is 24.5 Å². The molecule has 150 valence electrons. The van der Waals surface area contributed by atoms with E-state index >= 15 is 0 Å². The quantitative estimate of drug-likeness (QED) is 0.754. The lowest BCUT2D eigenvalue weighted by Gasteiger charge is -2.17. The first kappa shape index (κ1) is 21.2. The number of ether oxygens (including phenoxy) is 1. The number of aryl methyl sites for hydroxylation is 1. The Morgan fingerprint density at radius 1 is 1.32 bits per heavy atom. The van der Waals surface area contributed by atoms with Crippen LogP contribution in [-0.2, 0) is 4.79 Å². The zero-order valence-corrected chi connectivity index (χ0v) is 16.0. The number of hydrogen-bond donors (Lipinski definition) is 2. The monoisotopic (exact) mass is 392 g/mol. The summed E-state index contributed by atoms with van der Waals surface area (Å²) in [7, 11) is 0. The Morgan fingerprint density at radius 3 is 2.64 bits per heavy atom. The number of pyridine rings is 2. The lowest BCUT2D eigenvalue weighted by atomic mass is 10.1. The molecule has 7 nitrogen and oxygen atoms in total. The van der Waals surface area contributed by atoms with E-state index in [0.29, 0.717) is 11.1 Å². The summed E-state index contributed by atoms with van der Waals surface area (Å²) in [6.07, 6.45) is 1.46. The van der Waals surface area contributed by atoms with Gasteiger partial charge in [0.05, 0.1) is 6.04 Å². The van der Waals surface area contributed by atoms with E-state index in [0.717, 1.165) is 6.92 Å². The molecule has 2 aromatic heterocycles. The van der Waals surface area contributed by atoms with Crippen molar-refractivity contribution in [3.8, 4) is 5.88 Å². The van der Waals surface area contributed by atoms with Crippen molar-refractivity contribution in [2.45, 2.75) is 39.7 Å². The molecule has 0 saturated heterocycles. The van der Waals surface area contributed by atoms with Crippen molar-refractivity contribution in [2.24, 2.45) is 0 Å². The van der Waals surface area contributed by atoms with Crippen LogP contribution in [0.1, 0.15) is 48.4 Å². The first-order chi connectivity index (χ1) is 13.0. The maximum absolute atomic E-state index is 12.9. The van der Waals surface area contributed by atoms with Crippen molar-refractivity contribution < 1.29 is 23.1 Å². The number of alkyl halides is 2. The van der Waals surface area contributed by atoms with Crippen LogP contribution in [0.15, 0.2) is 30.5 Å². The average Bonchev–Trinajstić information content (AvgIpc) is 2.59. The van der Waals surface area contributed by atoms with Crippen LogP contribution in [0.3, 0.4) is 0 Å². The average molecular weight is 392 g/mol. The molecule has 0 aromatic carbocycles. The van der Waals surface area contributed by atoms with E-state index in [1.54, 1.807) is 32.0 Å². The number of amides is 2. The molecule has 2 N–H and O–H groups in total. The van der Waals surface area contributed by atoms with Crippen molar-refractivity contribution in [3.05, 3.63) is 47.3 Å². The summed E-state index contributed by atoms with van der Waals surface area (Å²) in [5, 5.41) is 5.29. The minimum atomic E-state index is -2.95. The Balaban J connectivity index is 2.06. The molecule has 0 aliphatic heterocycles. The van der Waals surface area contributed by atoms with Gasteiger partial charge in [-0.25, -0.2) is 18.7 Å². The lowest BCUT2D eigenvalue weighted by molar-refractivity contribution is -0.114. The summed E-state index contributed by atoms with van der Waals surface area (Å²) in [6, 6.07) is 6.01. The summed E-state index contributed by atoms with van der Waals surface area (Å²) in [4.78, 5) is 31.7. The summed E-state index contributed by atoms with van der Waals surface area (Å²) < 4.78 is 30.9. The van der Waals surface area contributed by atoms with E-state index in [2.05, 4.69) is 20.6 Å². The third-order valence-electron chi connectivity index (χ3n) is 3.65. The maximum atomic E-state index is 12.9. The molecule has 0 fully saturated rings. The normalized spacial score (nSPS) is 12.2. The minimum absolute atomic E-state index is 0.119. The number of hydrogen-bond acceptors (Lipinski definition) is 5. The third kappa shape index (κ3) is 6.26. The standard InChI is InChI=1S/C19H22F2N4O3/c1-11-8-14(9-22-18(11)28-10-19(4,20)21)12(2)23-17(27)15-6-5-7-16(25-15)24-13(3)26/h5-9,12H,10H2,1-4H3,(H,23,27)(H,24,25,26). The highest BCUT2D eigenvalue weighted by Gasteiger charge is 2.23. The number of nitrogens with one attached hydrogen (secondary N) is 2. The second-order valence-electron chi connectivity index (χ2n) is 6.53. The van der Waals surface area contributed by atoms with Crippen molar-refractivity contribution in [2.75, 3.05) is 11.9 Å². The number of nitrogens with zero attached hydrogens (tertiary/aromatic N) is 2. The predicted molar refractivity (Wildman–Crippen MR) is 99.5 cm³/mol. The predicted octanol–water partition coefficient (Wildman–Crippen LogP) is 3.27. The molecule has 0 spiro atoms. The van der Waals surface area contributed by atoms with Crippen LogP contribution in [0.5, 0.6) is 5.88 Å². The smallest absolute Gasteiger partial charge is 0.278 e. The number of anilines is 1. The third-order valence-corrected chi connectivity index (χ3v) is 3.65. The largest absolute Gasteiger partial charge is 0.471 e. The number of aromatic nitrogens is 2. The molecule has 2 aromatic rings. The van der Waals surface area contributed by atoms with Gasteiger partial charge in [0.1, 0.15) is 11.5 Å². The minimum Gasteiger partial charge on any atom is -0.471 e. The molecule has 0 aliphatic rings. The van der Waals surface area contributed by atoms with Gasteiger partial charge in [-0.1, -0.05) is 6.07 Å². The van der Waals surface area contributed by atoms with Crippen molar-refractivity contribution >= 4 is 17.6 Å². The van der Waals surface area contributed by atoms with Crippen molar-refractivity contribution in [3.63, 3.8) is 0 Å². The van der Waals surface area contributed by atoms with Gasteiger partial charge in [-0.05, 0) is 37.6 Å².